The summed E-state index contributed by atoms with van der Waals surface area (Å²) in [6.45, 7) is 6.92. The molecular weight excluding hydrogens is 257 g/mol. The van der Waals surface area contributed by atoms with E-state index in [1.807, 2.05) is 20.8 Å². The number of carbonyl (C=O) groups is 1. The Hall–Kier alpha value is -1.62. The third-order valence-electron chi connectivity index (χ3n) is 3.91. The summed E-state index contributed by atoms with van der Waals surface area (Å²) in [4.78, 5) is 14.1. The standard InChI is InChI=1S/C15H24FN3O/c1-4-15(5-2,11-17)19(6-3)14(20)18-13-9-7-8-12(16)10-13/h7-10H,4-6,11,17H2,1-3H3,(H,18,20). The molecule has 2 amide bonds. The Balaban J connectivity index is 2.92. The molecule has 0 saturated heterocycles. The van der Waals surface area contributed by atoms with Crippen molar-refractivity contribution >= 4 is 11.7 Å². The van der Waals surface area contributed by atoms with Crippen LogP contribution in [0.15, 0.2) is 24.3 Å². The summed E-state index contributed by atoms with van der Waals surface area (Å²) in [7, 11) is 0. The normalized spacial score (nSPS) is 11.2. The van der Waals surface area contributed by atoms with Gasteiger partial charge >= 0.3 is 6.03 Å². The first-order valence-corrected chi connectivity index (χ1v) is 7.07. The van der Waals surface area contributed by atoms with Gasteiger partial charge in [0.25, 0.3) is 0 Å². The minimum atomic E-state index is -0.373. The van der Waals surface area contributed by atoms with Crippen molar-refractivity contribution in [1.29, 1.82) is 0 Å². The number of hydrogen-bond acceptors (Lipinski definition) is 2. The molecule has 3 N–H and O–H groups in total. The fourth-order valence-corrected chi connectivity index (χ4v) is 2.48. The highest BCUT2D eigenvalue weighted by molar-refractivity contribution is 5.89. The van der Waals surface area contributed by atoms with Crippen molar-refractivity contribution in [2.24, 2.45) is 5.73 Å². The number of likely N-dealkylation sites (N-methyl/N-ethyl adjacent to an activating group) is 1. The van der Waals surface area contributed by atoms with Gasteiger partial charge in [-0.25, -0.2) is 9.18 Å². The average molecular weight is 281 g/mol. The summed E-state index contributed by atoms with van der Waals surface area (Å²) in [5.41, 5.74) is 5.97. The number of benzene rings is 1. The second-order valence-electron chi connectivity index (χ2n) is 4.82. The Morgan fingerprint density at radius 2 is 2.00 bits per heavy atom. The van der Waals surface area contributed by atoms with E-state index in [9.17, 15) is 9.18 Å². The van der Waals surface area contributed by atoms with E-state index in [0.29, 0.717) is 18.8 Å². The lowest BCUT2D eigenvalue weighted by atomic mass is 9.91. The molecule has 1 aromatic rings. The second-order valence-corrected chi connectivity index (χ2v) is 4.82. The third kappa shape index (κ3) is 3.48. The number of hydrogen-bond donors (Lipinski definition) is 2. The summed E-state index contributed by atoms with van der Waals surface area (Å²) < 4.78 is 13.1. The van der Waals surface area contributed by atoms with E-state index >= 15 is 0 Å². The SMILES string of the molecule is CCN(C(=O)Nc1cccc(F)c1)C(CC)(CC)CN. The maximum atomic E-state index is 13.1. The molecule has 0 aliphatic rings. The topological polar surface area (TPSA) is 58.4 Å². The fraction of sp³-hybridized carbons (Fsp3) is 0.533. The van der Waals surface area contributed by atoms with Gasteiger partial charge in [-0.2, -0.15) is 0 Å². The summed E-state index contributed by atoms with van der Waals surface area (Å²) in [5, 5.41) is 2.73. The molecule has 0 fully saturated rings. The number of rotatable bonds is 6. The number of halogens is 1. The van der Waals surface area contributed by atoms with Crippen molar-refractivity contribution in [3.05, 3.63) is 30.1 Å². The van der Waals surface area contributed by atoms with Crippen LogP contribution < -0.4 is 11.1 Å². The molecule has 0 aliphatic heterocycles. The van der Waals surface area contributed by atoms with Crippen LogP contribution in [-0.4, -0.2) is 29.6 Å². The quantitative estimate of drug-likeness (QED) is 0.841. The van der Waals surface area contributed by atoms with Gasteiger partial charge in [0.1, 0.15) is 5.82 Å². The van der Waals surface area contributed by atoms with Crippen LogP contribution in [0.3, 0.4) is 0 Å². The van der Waals surface area contributed by atoms with Gasteiger partial charge in [-0.15, -0.1) is 0 Å². The zero-order valence-electron chi connectivity index (χ0n) is 12.4. The minimum absolute atomic E-state index is 0.243. The highest BCUT2D eigenvalue weighted by Gasteiger charge is 2.34. The highest BCUT2D eigenvalue weighted by atomic mass is 19.1. The van der Waals surface area contributed by atoms with Crippen molar-refractivity contribution < 1.29 is 9.18 Å². The number of anilines is 1. The Bertz CT molecular complexity index is 438. The highest BCUT2D eigenvalue weighted by Crippen LogP contribution is 2.24. The number of urea groups is 1. The average Bonchev–Trinajstić information content (AvgIpc) is 2.44. The molecule has 0 aliphatic carbocycles. The number of amides is 2. The summed E-state index contributed by atoms with van der Waals surface area (Å²) in [6.07, 6.45) is 1.56. The Morgan fingerprint density at radius 3 is 2.45 bits per heavy atom. The van der Waals surface area contributed by atoms with E-state index in [0.717, 1.165) is 12.8 Å². The molecule has 4 nitrogen and oxygen atoms in total. The first-order valence-electron chi connectivity index (χ1n) is 7.07. The van der Waals surface area contributed by atoms with Gasteiger partial charge in [-0.3, -0.25) is 0 Å². The van der Waals surface area contributed by atoms with Gasteiger partial charge in [-0.05, 0) is 38.0 Å². The number of nitrogens with one attached hydrogen (secondary N) is 1. The zero-order chi connectivity index (χ0) is 15.2. The van der Waals surface area contributed by atoms with Crippen LogP contribution in [0.25, 0.3) is 0 Å². The molecule has 0 atom stereocenters. The van der Waals surface area contributed by atoms with Crippen LogP contribution in [-0.2, 0) is 0 Å². The zero-order valence-corrected chi connectivity index (χ0v) is 12.4. The summed E-state index contributed by atoms with van der Waals surface area (Å²) >= 11 is 0. The lowest BCUT2D eigenvalue weighted by Gasteiger charge is -2.41. The number of carbonyl (C=O) groups excluding carboxylic acids is 1. The first-order chi connectivity index (χ1) is 9.52. The molecule has 0 bridgehead atoms. The number of nitrogens with two attached hydrogens (primary N) is 1. The van der Waals surface area contributed by atoms with Gasteiger partial charge in [-0.1, -0.05) is 19.9 Å². The Labute approximate surface area is 120 Å². The van der Waals surface area contributed by atoms with E-state index in [2.05, 4.69) is 5.32 Å². The molecule has 0 spiro atoms. The van der Waals surface area contributed by atoms with Crippen LogP contribution in [0.4, 0.5) is 14.9 Å². The van der Waals surface area contributed by atoms with Gasteiger partial charge < -0.3 is 16.0 Å². The molecular formula is C15H24FN3O. The molecule has 0 unspecified atom stereocenters. The van der Waals surface area contributed by atoms with Crippen LogP contribution in [0.1, 0.15) is 33.6 Å². The van der Waals surface area contributed by atoms with Crippen LogP contribution in [0.2, 0.25) is 0 Å². The smallest absolute Gasteiger partial charge is 0.322 e. The van der Waals surface area contributed by atoms with Gasteiger partial charge in [0, 0.05) is 18.8 Å². The van der Waals surface area contributed by atoms with Crippen molar-refractivity contribution in [3.8, 4) is 0 Å². The van der Waals surface area contributed by atoms with Crippen molar-refractivity contribution in [1.82, 2.24) is 4.90 Å². The second kappa shape index (κ2) is 7.24. The van der Waals surface area contributed by atoms with Crippen LogP contribution in [0, 0.1) is 5.82 Å². The maximum Gasteiger partial charge on any atom is 0.322 e. The largest absolute Gasteiger partial charge is 0.328 e. The molecule has 0 aromatic heterocycles. The molecule has 1 rings (SSSR count). The lowest BCUT2D eigenvalue weighted by molar-refractivity contribution is 0.122. The van der Waals surface area contributed by atoms with E-state index in [1.165, 1.54) is 12.1 Å². The van der Waals surface area contributed by atoms with Gasteiger partial charge in [0.2, 0.25) is 0 Å². The Kier molecular flexibility index (Phi) is 5.95. The lowest BCUT2D eigenvalue weighted by Crippen LogP contribution is -2.56. The molecule has 0 saturated carbocycles. The molecule has 0 heterocycles. The van der Waals surface area contributed by atoms with Crippen molar-refractivity contribution in [3.63, 3.8) is 0 Å². The maximum absolute atomic E-state index is 13.1. The van der Waals surface area contributed by atoms with Crippen molar-refractivity contribution in [2.75, 3.05) is 18.4 Å². The molecule has 0 radical (unpaired) electrons. The summed E-state index contributed by atoms with van der Waals surface area (Å²) in [6, 6.07) is 5.63. The first kappa shape index (κ1) is 16.4. The van der Waals surface area contributed by atoms with E-state index < -0.39 is 0 Å². The van der Waals surface area contributed by atoms with Gasteiger partial charge in [0.05, 0.1) is 5.54 Å². The third-order valence-corrected chi connectivity index (χ3v) is 3.91. The van der Waals surface area contributed by atoms with E-state index in [-0.39, 0.29) is 17.4 Å². The molecule has 20 heavy (non-hydrogen) atoms. The van der Waals surface area contributed by atoms with Crippen LogP contribution in [0.5, 0.6) is 0 Å². The Morgan fingerprint density at radius 1 is 1.35 bits per heavy atom. The minimum Gasteiger partial charge on any atom is -0.328 e. The molecule has 1 aromatic carbocycles. The van der Waals surface area contributed by atoms with E-state index in [4.69, 9.17) is 5.73 Å². The molecule has 112 valence electrons. The van der Waals surface area contributed by atoms with Crippen LogP contribution >= 0.6 is 0 Å². The fourth-order valence-electron chi connectivity index (χ4n) is 2.48. The predicted molar refractivity (Wildman–Crippen MR) is 80.2 cm³/mol. The monoisotopic (exact) mass is 281 g/mol. The summed E-state index contributed by atoms with van der Waals surface area (Å²) in [5.74, 6) is -0.373. The van der Waals surface area contributed by atoms with Gasteiger partial charge in [0.15, 0.2) is 0 Å². The number of nitrogens with zero attached hydrogens (tertiary/aromatic N) is 1. The predicted octanol–water partition coefficient (Wildman–Crippen LogP) is 3.20. The van der Waals surface area contributed by atoms with Crippen molar-refractivity contribution in [2.45, 2.75) is 39.2 Å². The van der Waals surface area contributed by atoms with E-state index in [1.54, 1.807) is 17.0 Å². The molecule has 5 heteroatoms.